The van der Waals surface area contributed by atoms with E-state index < -0.39 is 9.84 Å². The molecule has 7 heteroatoms. The second-order valence-corrected chi connectivity index (χ2v) is 12.2. The molecule has 3 rings (SSSR count). The molecule has 0 bridgehead atoms. The van der Waals surface area contributed by atoms with Crippen molar-refractivity contribution in [3.05, 3.63) is 53.1 Å². The van der Waals surface area contributed by atoms with Gasteiger partial charge in [-0.05, 0) is 100 Å². The van der Waals surface area contributed by atoms with E-state index in [4.69, 9.17) is 9.47 Å². The van der Waals surface area contributed by atoms with Crippen LogP contribution in [-0.2, 0) is 29.1 Å². The third kappa shape index (κ3) is 8.72. The third-order valence-corrected chi connectivity index (χ3v) is 8.58. The first-order valence-electron chi connectivity index (χ1n) is 13.8. The average Bonchev–Trinajstić information content (AvgIpc) is 2.90. The number of benzene rings is 2. The number of nitrogens with zero attached hydrogens (tertiary/aromatic N) is 1. The van der Waals surface area contributed by atoms with Crippen molar-refractivity contribution in [3.63, 3.8) is 0 Å². The zero-order chi connectivity index (χ0) is 26.7. The number of ether oxygens (including phenoxy) is 2. The lowest BCUT2D eigenvalue weighted by Gasteiger charge is -2.36. The maximum absolute atomic E-state index is 11.6. The molecule has 1 unspecified atom stereocenters. The molecule has 0 amide bonds. The van der Waals surface area contributed by atoms with Crippen molar-refractivity contribution in [1.82, 2.24) is 10.2 Å². The fourth-order valence-electron chi connectivity index (χ4n) is 5.42. The van der Waals surface area contributed by atoms with E-state index in [1.807, 2.05) is 18.2 Å². The van der Waals surface area contributed by atoms with Crippen LogP contribution in [0, 0.1) is 0 Å². The van der Waals surface area contributed by atoms with Gasteiger partial charge in [-0.25, -0.2) is 8.42 Å². The Morgan fingerprint density at radius 3 is 2.38 bits per heavy atom. The Balaban J connectivity index is 1.33. The first-order chi connectivity index (χ1) is 17.9. The SMILES string of the molecule is CCCN(CCCCCCNCCc1ccc(S(C)(=O)=O)cc1)C1CCc2c(ccc(OC)c2OC)C1. The number of hydrogen-bond donors (Lipinski definition) is 1. The summed E-state index contributed by atoms with van der Waals surface area (Å²) in [4.78, 5) is 3.10. The number of sulfone groups is 1. The highest BCUT2D eigenvalue weighted by molar-refractivity contribution is 7.90. The van der Waals surface area contributed by atoms with Crippen LogP contribution in [0.3, 0.4) is 0 Å². The van der Waals surface area contributed by atoms with Crippen molar-refractivity contribution in [2.45, 2.75) is 75.6 Å². The maximum Gasteiger partial charge on any atom is 0.175 e. The van der Waals surface area contributed by atoms with Crippen LogP contribution < -0.4 is 14.8 Å². The van der Waals surface area contributed by atoms with Crippen LogP contribution >= 0.6 is 0 Å². The topological polar surface area (TPSA) is 67.9 Å². The molecule has 0 heterocycles. The predicted molar refractivity (Wildman–Crippen MR) is 152 cm³/mol. The molecule has 6 nitrogen and oxygen atoms in total. The van der Waals surface area contributed by atoms with Gasteiger partial charge >= 0.3 is 0 Å². The first kappa shape index (κ1) is 29.5. The van der Waals surface area contributed by atoms with E-state index in [0.717, 1.165) is 43.9 Å². The maximum atomic E-state index is 11.6. The normalized spacial score (nSPS) is 15.5. The Bertz CT molecular complexity index is 1070. The Labute approximate surface area is 224 Å². The molecule has 37 heavy (non-hydrogen) atoms. The minimum absolute atomic E-state index is 0.385. The Morgan fingerprint density at radius 2 is 1.70 bits per heavy atom. The number of unbranched alkanes of at least 4 members (excludes halogenated alkanes) is 3. The van der Waals surface area contributed by atoms with Crippen molar-refractivity contribution in [2.75, 3.05) is 46.7 Å². The third-order valence-electron chi connectivity index (χ3n) is 7.45. The molecule has 0 aliphatic heterocycles. The highest BCUT2D eigenvalue weighted by atomic mass is 32.2. The zero-order valence-corrected chi connectivity index (χ0v) is 24.0. The Kier molecular flexibility index (Phi) is 11.7. The molecule has 1 aliphatic carbocycles. The summed E-state index contributed by atoms with van der Waals surface area (Å²) in [5, 5.41) is 3.53. The van der Waals surface area contributed by atoms with Crippen molar-refractivity contribution < 1.29 is 17.9 Å². The molecule has 0 saturated heterocycles. The average molecular weight is 531 g/mol. The van der Waals surface area contributed by atoms with Crippen molar-refractivity contribution >= 4 is 9.84 Å². The number of rotatable bonds is 16. The van der Waals surface area contributed by atoms with E-state index in [1.165, 1.54) is 74.6 Å². The summed E-state index contributed by atoms with van der Waals surface area (Å²) in [6.07, 6.45) is 11.6. The molecule has 1 atom stereocenters. The summed E-state index contributed by atoms with van der Waals surface area (Å²) in [5.74, 6) is 1.75. The number of nitrogens with one attached hydrogen (secondary N) is 1. The lowest BCUT2D eigenvalue weighted by atomic mass is 9.86. The van der Waals surface area contributed by atoms with Gasteiger partial charge in [0.05, 0.1) is 19.1 Å². The molecule has 0 spiro atoms. The molecule has 0 saturated carbocycles. The fourth-order valence-corrected chi connectivity index (χ4v) is 6.05. The van der Waals surface area contributed by atoms with Crippen LogP contribution in [-0.4, -0.2) is 66.0 Å². The van der Waals surface area contributed by atoms with E-state index in [1.54, 1.807) is 26.4 Å². The van der Waals surface area contributed by atoms with Crippen LogP contribution in [0.1, 0.15) is 62.1 Å². The second-order valence-electron chi connectivity index (χ2n) is 10.2. The Hall–Kier alpha value is -2.09. The summed E-state index contributed by atoms with van der Waals surface area (Å²) in [5.41, 5.74) is 3.90. The predicted octanol–water partition coefficient (Wildman–Crippen LogP) is 5.07. The molecular formula is C30H46N2O4S. The smallest absolute Gasteiger partial charge is 0.175 e. The minimum atomic E-state index is -3.12. The quantitative estimate of drug-likeness (QED) is 0.306. The second kappa shape index (κ2) is 14.7. The zero-order valence-electron chi connectivity index (χ0n) is 23.2. The van der Waals surface area contributed by atoms with Crippen LogP contribution in [0.2, 0.25) is 0 Å². The van der Waals surface area contributed by atoms with Gasteiger partial charge in [-0.2, -0.15) is 0 Å². The molecule has 206 valence electrons. The summed E-state index contributed by atoms with van der Waals surface area (Å²) in [7, 11) is 0.328. The van der Waals surface area contributed by atoms with Crippen LogP contribution in [0.15, 0.2) is 41.3 Å². The molecular weight excluding hydrogens is 484 g/mol. The standard InChI is InChI=1S/C30H46N2O4S/c1-5-21-32(26-13-16-28-25(23-26)12-17-29(35-2)30(28)36-3)22-9-7-6-8-19-31-20-18-24-10-14-27(15-11-24)37(4,33)34/h10-12,14-15,17,26,31H,5-9,13,16,18-23H2,1-4H3. The van der Waals surface area contributed by atoms with Gasteiger partial charge in [0.15, 0.2) is 21.3 Å². The molecule has 0 radical (unpaired) electrons. The number of hydrogen-bond acceptors (Lipinski definition) is 6. The number of fused-ring (bicyclic) bond motifs is 1. The van der Waals surface area contributed by atoms with Crippen LogP contribution in [0.5, 0.6) is 11.5 Å². The highest BCUT2D eigenvalue weighted by Crippen LogP contribution is 2.38. The van der Waals surface area contributed by atoms with Gasteiger partial charge in [-0.3, -0.25) is 0 Å². The molecule has 0 aromatic heterocycles. The van der Waals surface area contributed by atoms with Gasteiger partial charge in [0.1, 0.15) is 0 Å². The summed E-state index contributed by atoms with van der Waals surface area (Å²) < 4.78 is 34.3. The molecule has 1 N–H and O–H groups in total. The van der Waals surface area contributed by atoms with Crippen LogP contribution in [0.4, 0.5) is 0 Å². The molecule has 0 fully saturated rings. The van der Waals surface area contributed by atoms with Crippen molar-refractivity contribution in [1.29, 1.82) is 0 Å². The summed E-state index contributed by atoms with van der Waals surface area (Å²) in [6.45, 7) is 6.58. The lowest BCUT2D eigenvalue weighted by Crippen LogP contribution is -2.40. The lowest BCUT2D eigenvalue weighted by molar-refractivity contribution is 0.175. The monoisotopic (exact) mass is 530 g/mol. The van der Waals surface area contributed by atoms with Gasteiger partial charge < -0.3 is 19.7 Å². The van der Waals surface area contributed by atoms with E-state index in [2.05, 4.69) is 23.2 Å². The van der Waals surface area contributed by atoms with E-state index in [-0.39, 0.29) is 0 Å². The number of methoxy groups -OCH3 is 2. The first-order valence-corrected chi connectivity index (χ1v) is 15.7. The molecule has 1 aliphatic rings. The van der Waals surface area contributed by atoms with Gasteiger partial charge in [-0.1, -0.05) is 38.0 Å². The summed E-state index contributed by atoms with van der Waals surface area (Å²) >= 11 is 0. The van der Waals surface area contributed by atoms with Gasteiger partial charge in [-0.15, -0.1) is 0 Å². The highest BCUT2D eigenvalue weighted by Gasteiger charge is 2.27. The van der Waals surface area contributed by atoms with Crippen molar-refractivity contribution in [3.8, 4) is 11.5 Å². The van der Waals surface area contributed by atoms with Gasteiger partial charge in [0.25, 0.3) is 0 Å². The largest absolute Gasteiger partial charge is 0.493 e. The minimum Gasteiger partial charge on any atom is -0.493 e. The van der Waals surface area contributed by atoms with Gasteiger partial charge in [0, 0.05) is 17.9 Å². The van der Waals surface area contributed by atoms with E-state index in [0.29, 0.717) is 10.9 Å². The van der Waals surface area contributed by atoms with Crippen molar-refractivity contribution in [2.24, 2.45) is 0 Å². The molecule has 2 aromatic carbocycles. The van der Waals surface area contributed by atoms with E-state index >= 15 is 0 Å². The van der Waals surface area contributed by atoms with Crippen LogP contribution in [0.25, 0.3) is 0 Å². The summed E-state index contributed by atoms with van der Waals surface area (Å²) in [6, 6.07) is 12.1. The molecule has 2 aromatic rings. The van der Waals surface area contributed by atoms with E-state index in [9.17, 15) is 8.42 Å². The Morgan fingerprint density at radius 1 is 0.946 bits per heavy atom. The van der Waals surface area contributed by atoms with Gasteiger partial charge in [0.2, 0.25) is 0 Å². The fraction of sp³-hybridized carbons (Fsp3) is 0.600.